The van der Waals surface area contributed by atoms with E-state index in [4.69, 9.17) is 28.4 Å². The molecule has 0 radical (unpaired) electrons. The molecule has 0 spiro atoms. The molecule has 0 unspecified atom stereocenters. The Morgan fingerprint density at radius 1 is 0.759 bits per heavy atom. The largest absolute Gasteiger partial charge is 0.491 e. The summed E-state index contributed by atoms with van der Waals surface area (Å²) in [6, 6.07) is 13.6. The molecular formula is C39H59N3O11S. The van der Waals surface area contributed by atoms with Crippen molar-refractivity contribution in [3.8, 4) is 5.75 Å². The topological polar surface area (TPSA) is 159 Å². The number of esters is 1. The fourth-order valence-electron chi connectivity index (χ4n) is 5.70. The van der Waals surface area contributed by atoms with Crippen LogP contribution in [0, 0.1) is 0 Å². The maximum Gasteiger partial charge on any atom is 0.325 e. The Kier molecular flexibility index (Phi) is 19.4. The zero-order valence-corrected chi connectivity index (χ0v) is 33.3. The first-order valence-corrected chi connectivity index (χ1v) is 20.2. The van der Waals surface area contributed by atoms with E-state index in [2.05, 4.69) is 5.32 Å². The van der Waals surface area contributed by atoms with Crippen molar-refractivity contribution in [3.05, 3.63) is 59.7 Å². The van der Waals surface area contributed by atoms with Crippen LogP contribution in [0.2, 0.25) is 0 Å². The highest BCUT2D eigenvalue weighted by atomic mass is 32.2. The molecule has 2 amide bonds. The number of ether oxygens (including phenoxy) is 6. The molecule has 54 heavy (non-hydrogen) atoms. The highest BCUT2D eigenvalue weighted by molar-refractivity contribution is 7.89. The van der Waals surface area contributed by atoms with Crippen molar-refractivity contribution < 1.29 is 51.2 Å². The van der Waals surface area contributed by atoms with E-state index in [1.54, 1.807) is 25.7 Å². The van der Waals surface area contributed by atoms with Crippen LogP contribution < -0.4 is 10.1 Å². The summed E-state index contributed by atoms with van der Waals surface area (Å²) in [7, 11) is -3.73. The van der Waals surface area contributed by atoms with Gasteiger partial charge in [-0.25, -0.2) is 8.42 Å². The third-order valence-corrected chi connectivity index (χ3v) is 10.5. The molecule has 1 aliphatic heterocycles. The lowest BCUT2D eigenvalue weighted by Gasteiger charge is -2.31. The number of carbonyl (C=O) groups is 3. The van der Waals surface area contributed by atoms with Crippen molar-refractivity contribution in [1.29, 1.82) is 0 Å². The SMILES string of the molecule is CCN(CC)C(=O)CCOCCOCCOCCOCCOc1ccc(C2CCN(S(=O)(=O)c3ccc(C(=O)NCC(=O)OC(C)(C)C)cc3)CC2)cc1. The minimum Gasteiger partial charge on any atom is -0.491 e. The molecule has 1 saturated heterocycles. The highest BCUT2D eigenvalue weighted by Gasteiger charge is 2.30. The highest BCUT2D eigenvalue weighted by Crippen LogP contribution is 2.31. The second kappa shape index (κ2) is 23.3. The molecule has 3 rings (SSSR count). The summed E-state index contributed by atoms with van der Waals surface area (Å²) in [5.41, 5.74) is 0.720. The number of benzene rings is 2. The lowest BCUT2D eigenvalue weighted by Crippen LogP contribution is -2.38. The van der Waals surface area contributed by atoms with Crippen LogP contribution in [0.15, 0.2) is 53.4 Å². The van der Waals surface area contributed by atoms with E-state index in [0.717, 1.165) is 11.3 Å². The zero-order valence-electron chi connectivity index (χ0n) is 32.5. The number of hydrogen-bond donors (Lipinski definition) is 1. The van der Waals surface area contributed by atoms with Gasteiger partial charge in [0, 0.05) is 31.7 Å². The van der Waals surface area contributed by atoms with Gasteiger partial charge in [0.05, 0.1) is 64.2 Å². The van der Waals surface area contributed by atoms with Crippen LogP contribution >= 0.6 is 0 Å². The van der Waals surface area contributed by atoms with Gasteiger partial charge in [-0.3, -0.25) is 14.4 Å². The number of nitrogens with one attached hydrogen (secondary N) is 1. The van der Waals surface area contributed by atoms with Gasteiger partial charge in [-0.05, 0) is 95.3 Å². The molecule has 1 aliphatic rings. The summed E-state index contributed by atoms with van der Waals surface area (Å²) < 4.78 is 61.2. The second-order valence-electron chi connectivity index (χ2n) is 13.7. The summed E-state index contributed by atoms with van der Waals surface area (Å²) in [6.07, 6.45) is 1.75. The van der Waals surface area contributed by atoms with Gasteiger partial charge in [-0.15, -0.1) is 0 Å². The minimum absolute atomic E-state index is 0.106. The van der Waals surface area contributed by atoms with Gasteiger partial charge in [-0.2, -0.15) is 4.31 Å². The monoisotopic (exact) mass is 777 g/mol. The summed E-state index contributed by atoms with van der Waals surface area (Å²) in [5, 5.41) is 2.50. The number of piperidine rings is 1. The Labute approximate surface area is 320 Å². The van der Waals surface area contributed by atoms with E-state index in [-0.39, 0.29) is 28.8 Å². The normalized spacial score (nSPS) is 14.1. The van der Waals surface area contributed by atoms with Crippen LogP contribution in [-0.2, 0) is 43.3 Å². The Bertz CT molecular complexity index is 1520. The van der Waals surface area contributed by atoms with E-state index in [0.29, 0.717) is 105 Å². The number of rotatable bonds is 24. The van der Waals surface area contributed by atoms with Crippen molar-refractivity contribution in [2.75, 3.05) is 92.2 Å². The number of carbonyl (C=O) groups excluding carboxylic acids is 3. The summed E-state index contributed by atoms with van der Waals surface area (Å²) in [4.78, 5) is 38.2. The second-order valence-corrected chi connectivity index (χ2v) is 15.6. The van der Waals surface area contributed by atoms with E-state index in [1.165, 1.54) is 28.6 Å². The lowest BCUT2D eigenvalue weighted by atomic mass is 9.90. The predicted molar refractivity (Wildman–Crippen MR) is 203 cm³/mol. The van der Waals surface area contributed by atoms with E-state index >= 15 is 0 Å². The first-order valence-electron chi connectivity index (χ1n) is 18.8. The minimum atomic E-state index is -3.73. The molecule has 302 valence electrons. The molecule has 2 aromatic rings. The molecule has 1 fully saturated rings. The Hall–Kier alpha value is -3.60. The van der Waals surface area contributed by atoms with Crippen LogP contribution in [0.4, 0.5) is 0 Å². The van der Waals surface area contributed by atoms with Gasteiger partial charge in [0.25, 0.3) is 5.91 Å². The lowest BCUT2D eigenvalue weighted by molar-refractivity contribution is -0.153. The molecule has 1 N–H and O–H groups in total. The fourth-order valence-corrected chi connectivity index (χ4v) is 7.17. The van der Waals surface area contributed by atoms with Gasteiger partial charge in [0.1, 0.15) is 24.5 Å². The Morgan fingerprint density at radius 2 is 1.28 bits per heavy atom. The third kappa shape index (κ3) is 16.0. The number of hydrogen-bond acceptors (Lipinski definition) is 11. The average molecular weight is 778 g/mol. The first kappa shape index (κ1) is 44.8. The third-order valence-electron chi connectivity index (χ3n) is 8.56. The van der Waals surface area contributed by atoms with Crippen molar-refractivity contribution in [3.63, 3.8) is 0 Å². The zero-order chi connectivity index (χ0) is 39.4. The van der Waals surface area contributed by atoms with Crippen LogP contribution in [0.5, 0.6) is 5.75 Å². The average Bonchev–Trinajstić information content (AvgIpc) is 3.15. The quantitative estimate of drug-likeness (QED) is 0.121. The van der Waals surface area contributed by atoms with Crippen molar-refractivity contribution in [2.45, 2.75) is 70.3 Å². The molecule has 0 saturated carbocycles. The van der Waals surface area contributed by atoms with Crippen LogP contribution in [-0.4, -0.2) is 133 Å². The van der Waals surface area contributed by atoms with Gasteiger partial charge < -0.3 is 38.6 Å². The predicted octanol–water partition coefficient (Wildman–Crippen LogP) is 4.03. The number of amides is 2. The maximum atomic E-state index is 13.3. The summed E-state index contributed by atoms with van der Waals surface area (Å²) in [5.74, 6) is 0.0141. The van der Waals surface area contributed by atoms with Gasteiger partial charge in [0.2, 0.25) is 15.9 Å². The molecule has 0 aliphatic carbocycles. The standard InChI is InChI=1S/C39H59N3O11S/c1-6-41(7-2)36(43)18-21-48-22-23-49-24-25-50-26-27-51-28-29-52-34-12-8-31(9-13-34)32-16-19-42(20-17-32)54(46,47)35-14-10-33(11-15-35)38(45)40-30-37(44)53-39(3,4)5/h8-15,32H,6-7,16-30H2,1-5H3,(H,40,45). The number of sulfonamides is 1. The molecule has 15 heteroatoms. The molecule has 0 atom stereocenters. The molecule has 14 nitrogen and oxygen atoms in total. The Morgan fingerprint density at radius 3 is 1.80 bits per heavy atom. The maximum absolute atomic E-state index is 13.3. The van der Waals surface area contributed by atoms with Gasteiger partial charge >= 0.3 is 5.97 Å². The molecule has 0 bridgehead atoms. The van der Waals surface area contributed by atoms with Gasteiger partial charge in [-0.1, -0.05) is 12.1 Å². The van der Waals surface area contributed by atoms with Crippen molar-refractivity contribution in [2.24, 2.45) is 0 Å². The van der Waals surface area contributed by atoms with Crippen LogP contribution in [0.1, 0.15) is 75.7 Å². The van der Waals surface area contributed by atoms with Crippen LogP contribution in [0.25, 0.3) is 0 Å². The smallest absolute Gasteiger partial charge is 0.325 e. The summed E-state index contributed by atoms with van der Waals surface area (Å²) >= 11 is 0. The van der Waals surface area contributed by atoms with Crippen LogP contribution in [0.3, 0.4) is 0 Å². The fraction of sp³-hybridized carbons (Fsp3) is 0.615. The molecule has 0 aromatic heterocycles. The molecule has 1 heterocycles. The first-order chi connectivity index (χ1) is 25.8. The Balaban J connectivity index is 1.24. The van der Waals surface area contributed by atoms with E-state index < -0.39 is 27.5 Å². The number of nitrogens with zero attached hydrogens (tertiary/aromatic N) is 2. The van der Waals surface area contributed by atoms with Gasteiger partial charge in [0.15, 0.2) is 0 Å². The van der Waals surface area contributed by atoms with Crippen molar-refractivity contribution >= 4 is 27.8 Å². The van der Waals surface area contributed by atoms with E-state index in [9.17, 15) is 22.8 Å². The van der Waals surface area contributed by atoms with Crippen molar-refractivity contribution in [1.82, 2.24) is 14.5 Å². The summed E-state index contributed by atoms with van der Waals surface area (Å²) in [6.45, 7) is 15.0. The molecule has 2 aromatic carbocycles. The molecular weight excluding hydrogens is 719 g/mol. The van der Waals surface area contributed by atoms with E-state index in [1.807, 2.05) is 38.1 Å².